The summed E-state index contributed by atoms with van der Waals surface area (Å²) in [5, 5.41) is 10.7. The van der Waals surface area contributed by atoms with Crippen molar-refractivity contribution in [2.24, 2.45) is 0 Å². The van der Waals surface area contributed by atoms with Crippen molar-refractivity contribution in [1.29, 1.82) is 0 Å². The van der Waals surface area contributed by atoms with Crippen LogP contribution in [0.2, 0.25) is 0 Å². The van der Waals surface area contributed by atoms with E-state index in [1.165, 1.54) is 186 Å². The molecule has 102 heavy (non-hydrogen) atoms. The van der Waals surface area contributed by atoms with E-state index in [4.69, 9.17) is 37.0 Å². The third-order valence-corrected chi connectivity index (χ3v) is 20.2. The molecule has 17 nitrogen and oxygen atoms in total. The molecule has 0 aromatic carbocycles. The highest BCUT2D eigenvalue weighted by Gasteiger charge is 2.30. The minimum Gasteiger partial charge on any atom is -0.462 e. The van der Waals surface area contributed by atoms with E-state index >= 15 is 0 Å². The van der Waals surface area contributed by atoms with Crippen molar-refractivity contribution in [2.75, 3.05) is 39.6 Å². The van der Waals surface area contributed by atoms with Crippen molar-refractivity contribution in [2.45, 2.75) is 418 Å². The van der Waals surface area contributed by atoms with Crippen molar-refractivity contribution < 1.29 is 80.2 Å². The molecule has 0 saturated heterocycles. The van der Waals surface area contributed by atoms with Crippen molar-refractivity contribution in [3.63, 3.8) is 0 Å². The summed E-state index contributed by atoms with van der Waals surface area (Å²) in [6.45, 7) is 4.90. The van der Waals surface area contributed by atoms with Gasteiger partial charge in [-0.2, -0.15) is 0 Å². The van der Waals surface area contributed by atoms with E-state index in [9.17, 15) is 43.2 Å². The van der Waals surface area contributed by atoms with Gasteiger partial charge in [-0.3, -0.25) is 37.3 Å². The fraction of sp³-hybridized carbons (Fsp3) is 0.855. The van der Waals surface area contributed by atoms with Crippen LogP contribution in [0.3, 0.4) is 0 Å². The number of aliphatic hydroxyl groups excluding tert-OH is 1. The van der Waals surface area contributed by atoms with Crippen molar-refractivity contribution in [3.8, 4) is 0 Å². The van der Waals surface area contributed by atoms with Gasteiger partial charge in [0.15, 0.2) is 12.2 Å². The fourth-order valence-corrected chi connectivity index (χ4v) is 13.5. The first-order valence-electron chi connectivity index (χ1n) is 41.9. The van der Waals surface area contributed by atoms with Crippen LogP contribution >= 0.6 is 15.6 Å². The lowest BCUT2D eigenvalue weighted by atomic mass is 10.0. The Balaban J connectivity index is 5.32. The van der Waals surface area contributed by atoms with E-state index in [1.807, 2.05) is 0 Å². The van der Waals surface area contributed by atoms with Gasteiger partial charge < -0.3 is 33.8 Å². The molecule has 0 bridgehead atoms. The molecule has 5 atom stereocenters. The fourth-order valence-electron chi connectivity index (χ4n) is 11.9. The first-order valence-corrected chi connectivity index (χ1v) is 44.9. The van der Waals surface area contributed by atoms with Crippen LogP contribution in [0.5, 0.6) is 0 Å². The molecule has 0 radical (unpaired) electrons. The number of rotatable bonds is 80. The van der Waals surface area contributed by atoms with Gasteiger partial charge in [0.05, 0.1) is 26.4 Å². The van der Waals surface area contributed by atoms with E-state index in [-0.39, 0.29) is 25.7 Å². The molecule has 0 aliphatic rings. The first kappa shape index (κ1) is 99.0. The van der Waals surface area contributed by atoms with Gasteiger partial charge in [-0.1, -0.05) is 333 Å². The maximum Gasteiger partial charge on any atom is 0.472 e. The van der Waals surface area contributed by atoms with Crippen LogP contribution in [0.25, 0.3) is 0 Å². The van der Waals surface area contributed by atoms with E-state index in [0.717, 1.165) is 135 Å². The maximum absolute atomic E-state index is 13.1. The van der Waals surface area contributed by atoms with Gasteiger partial charge in [0.2, 0.25) is 0 Å². The topological polar surface area (TPSA) is 237 Å². The Bertz CT molecular complexity index is 2120. The lowest BCUT2D eigenvalue weighted by molar-refractivity contribution is -0.161. The average Bonchev–Trinajstić information content (AvgIpc) is 0.926. The Morgan fingerprint density at radius 2 is 0.480 bits per heavy atom. The molecule has 3 N–H and O–H groups in total. The van der Waals surface area contributed by atoms with E-state index in [2.05, 4.69) is 76.3 Å². The average molecular weight is 1490 g/mol. The second-order valence-corrected chi connectivity index (χ2v) is 31.3. The highest BCUT2D eigenvalue weighted by molar-refractivity contribution is 7.47. The number of aliphatic hydroxyl groups is 1. The molecule has 0 aromatic rings. The van der Waals surface area contributed by atoms with Crippen molar-refractivity contribution in [3.05, 3.63) is 48.6 Å². The molecule has 0 fully saturated rings. The second-order valence-electron chi connectivity index (χ2n) is 28.4. The molecule has 0 aliphatic carbocycles. The Kier molecular flexibility index (Phi) is 74.0. The van der Waals surface area contributed by atoms with E-state index in [0.29, 0.717) is 25.7 Å². The molecule has 598 valence electrons. The summed E-state index contributed by atoms with van der Waals surface area (Å²) < 4.78 is 68.7. The van der Waals surface area contributed by atoms with Gasteiger partial charge in [-0.15, -0.1) is 0 Å². The minimum atomic E-state index is -4.98. The zero-order valence-corrected chi connectivity index (χ0v) is 67.3. The summed E-state index contributed by atoms with van der Waals surface area (Å²) in [5.41, 5.74) is 0. The lowest BCUT2D eigenvalue weighted by Gasteiger charge is -2.21. The normalized spacial score (nSPS) is 14.1. The van der Waals surface area contributed by atoms with Crippen LogP contribution < -0.4 is 0 Å². The zero-order chi connectivity index (χ0) is 74.6. The molecule has 0 aliphatic heterocycles. The highest BCUT2D eigenvalue weighted by Crippen LogP contribution is 2.45. The predicted molar refractivity (Wildman–Crippen MR) is 418 cm³/mol. The summed E-state index contributed by atoms with van der Waals surface area (Å²) in [6, 6.07) is 0. The molecular formula is C83H154O17P2. The summed E-state index contributed by atoms with van der Waals surface area (Å²) in [4.78, 5) is 73.1. The van der Waals surface area contributed by atoms with Crippen LogP contribution in [-0.4, -0.2) is 96.7 Å². The summed E-state index contributed by atoms with van der Waals surface area (Å²) in [7, 11) is -9.95. The van der Waals surface area contributed by atoms with Gasteiger partial charge in [-0.05, 0) is 89.9 Å². The third kappa shape index (κ3) is 75.3. The Labute approximate surface area is 623 Å². The van der Waals surface area contributed by atoms with E-state index in [1.54, 1.807) is 0 Å². The van der Waals surface area contributed by atoms with Gasteiger partial charge in [-0.25, -0.2) is 9.13 Å². The quantitative estimate of drug-likeness (QED) is 0.0169. The van der Waals surface area contributed by atoms with Gasteiger partial charge >= 0.3 is 39.5 Å². The third-order valence-electron chi connectivity index (χ3n) is 18.3. The lowest BCUT2D eigenvalue weighted by Crippen LogP contribution is -2.30. The zero-order valence-electron chi connectivity index (χ0n) is 65.6. The smallest absolute Gasteiger partial charge is 0.462 e. The number of carbonyl (C=O) groups is 4. The van der Waals surface area contributed by atoms with Crippen LogP contribution in [0, 0.1) is 0 Å². The highest BCUT2D eigenvalue weighted by atomic mass is 31.2. The molecule has 0 rings (SSSR count). The van der Waals surface area contributed by atoms with Crippen LogP contribution in [0.1, 0.15) is 400 Å². The molecular weight excluding hydrogens is 1330 g/mol. The maximum atomic E-state index is 13.1. The number of unbranched alkanes of at least 4 members (excludes halogenated alkanes) is 46. The largest absolute Gasteiger partial charge is 0.472 e. The Morgan fingerprint density at radius 1 is 0.275 bits per heavy atom. The van der Waals surface area contributed by atoms with Gasteiger partial charge in [0.25, 0.3) is 0 Å². The SMILES string of the molecule is CCCCC/C=C\C/C=C\CCCCCCCC(=O)OC[C@H](COP(=O)(O)OC[C@H](O)COP(=O)(O)OC[C@@H](COC(=O)CCCCCCCCCCCCCCCCCCC)OC(=O)CCCCCCCCCCCCCCCCC)OC(=O)CCCCCCC/C=C\C/C=C\CCCCC. The molecule has 19 heteroatoms. The molecule has 0 amide bonds. The van der Waals surface area contributed by atoms with Crippen molar-refractivity contribution in [1.82, 2.24) is 0 Å². The molecule has 2 unspecified atom stereocenters. The van der Waals surface area contributed by atoms with Crippen LogP contribution in [-0.2, 0) is 65.4 Å². The monoisotopic (exact) mass is 1490 g/mol. The molecule has 0 saturated carbocycles. The number of hydrogen-bond acceptors (Lipinski definition) is 15. The number of phosphoric acid groups is 2. The minimum absolute atomic E-state index is 0.0807. The van der Waals surface area contributed by atoms with Gasteiger partial charge in [0.1, 0.15) is 19.3 Å². The number of ether oxygens (including phenoxy) is 4. The number of allylic oxidation sites excluding steroid dienone is 8. The number of hydrogen-bond donors (Lipinski definition) is 3. The second kappa shape index (κ2) is 76.2. The Hall–Kier alpha value is -2.98. The molecule has 0 aromatic heterocycles. The standard InChI is InChI=1S/C83H154O17P2/c1-5-9-13-17-21-25-29-33-37-38-42-44-48-52-56-60-64-68-81(86)94-74-79(100-83(88)70-66-62-58-54-50-46-41-36-32-28-24-20-16-12-8-4)76-98-102(91,92)96-72-77(84)71-95-101(89,90)97-75-78(99-82(87)69-65-61-57-53-49-45-40-35-31-27-23-19-15-11-7-3)73-93-80(85)67-63-59-55-51-47-43-39-34-30-26-22-18-14-10-6-2/h22-23,26-27,34-35,39-40,77-79,84H,5-21,24-25,28-33,36-38,41-76H2,1-4H3,(H,89,90)(H,91,92)/b26-22-,27-23-,39-34-,40-35-/t77-,78+,79+/m0/s1. The first-order chi connectivity index (χ1) is 49.7. The number of esters is 4. The van der Waals surface area contributed by atoms with Crippen LogP contribution in [0.4, 0.5) is 0 Å². The van der Waals surface area contributed by atoms with Crippen LogP contribution in [0.15, 0.2) is 48.6 Å². The summed E-state index contributed by atoms with van der Waals surface area (Å²) >= 11 is 0. The predicted octanol–water partition coefficient (Wildman–Crippen LogP) is 24.5. The van der Waals surface area contributed by atoms with E-state index < -0.39 is 97.5 Å². The summed E-state index contributed by atoms with van der Waals surface area (Å²) in [5.74, 6) is -2.16. The molecule has 0 spiro atoms. The molecule has 0 heterocycles. The Morgan fingerprint density at radius 3 is 0.745 bits per heavy atom. The summed E-state index contributed by atoms with van der Waals surface area (Å²) in [6.07, 6.45) is 75.0. The number of phosphoric ester groups is 2. The van der Waals surface area contributed by atoms with Crippen molar-refractivity contribution >= 4 is 39.5 Å². The van der Waals surface area contributed by atoms with Gasteiger partial charge in [0, 0.05) is 25.7 Å². The number of carbonyl (C=O) groups excluding carboxylic acids is 4.